The Labute approximate surface area is 160 Å². The van der Waals surface area contributed by atoms with E-state index in [1.54, 1.807) is 12.1 Å². The number of aliphatic hydroxyl groups excluding tert-OH is 1. The van der Waals surface area contributed by atoms with Crippen LogP contribution in [-0.2, 0) is 10.0 Å². The summed E-state index contributed by atoms with van der Waals surface area (Å²) in [5, 5.41) is 22.1. The number of aryl methyl sites for hydroxylation is 1. The van der Waals surface area contributed by atoms with Crippen LogP contribution in [0.2, 0.25) is 0 Å². The van der Waals surface area contributed by atoms with Gasteiger partial charge in [0.2, 0.25) is 0 Å². The van der Waals surface area contributed by atoms with Crippen molar-refractivity contribution in [1.82, 2.24) is 14.8 Å². The Hall–Kier alpha value is -0.880. The molecule has 0 amide bonds. The van der Waals surface area contributed by atoms with Crippen molar-refractivity contribution in [3.63, 3.8) is 0 Å². The van der Waals surface area contributed by atoms with Gasteiger partial charge in [-0.3, -0.25) is 0 Å². The lowest BCUT2D eigenvalue weighted by molar-refractivity contribution is -0.0328. The van der Waals surface area contributed by atoms with E-state index in [2.05, 4.69) is 4.98 Å². The molecule has 26 heavy (non-hydrogen) atoms. The number of fused-ring (bicyclic) bond motifs is 1. The first-order valence-electron chi connectivity index (χ1n) is 8.55. The van der Waals surface area contributed by atoms with Crippen molar-refractivity contribution in [2.24, 2.45) is 5.92 Å². The molecule has 2 fully saturated rings. The first-order chi connectivity index (χ1) is 12.4. The molecule has 3 heterocycles. The number of hydrogen-bond acceptors (Lipinski definition) is 8. The van der Waals surface area contributed by atoms with Crippen LogP contribution in [0.15, 0.2) is 21.7 Å². The quantitative estimate of drug-likeness (QED) is 0.512. The van der Waals surface area contributed by atoms with Crippen LogP contribution in [0.25, 0.3) is 10.6 Å². The normalized spacial score (nSPS) is 27.7. The van der Waals surface area contributed by atoms with Gasteiger partial charge < -0.3 is 10.3 Å². The summed E-state index contributed by atoms with van der Waals surface area (Å²) >= 11 is 2.73. The number of aliphatic hydroxyl groups is 1. The van der Waals surface area contributed by atoms with E-state index in [0.717, 1.165) is 34.8 Å². The standard InChI is InChI=1S/C16H21N3O4S3/c1-9-17-11(8-24-9)14-5-6-15(25-14)26(22,23)19-12-4-2-3-10(12)7-13(19)16(20)18-21/h5-6,8,10,12-13,16,18,20-21H,2-4,7H2,1H3/t10-,12-,13?,16?/m1/s1. The number of hydroxylamine groups is 1. The predicted octanol–water partition coefficient (Wildman–Crippen LogP) is 2.41. The molecule has 2 aromatic rings. The molecule has 1 aliphatic carbocycles. The maximum atomic E-state index is 13.4. The fourth-order valence-corrected chi connectivity index (χ4v) is 8.15. The summed E-state index contributed by atoms with van der Waals surface area (Å²) in [5.41, 5.74) is 2.61. The molecule has 4 rings (SSSR count). The minimum Gasteiger partial charge on any atom is -0.375 e. The zero-order valence-electron chi connectivity index (χ0n) is 14.2. The second-order valence-electron chi connectivity index (χ2n) is 6.84. The Morgan fingerprint density at radius 3 is 2.88 bits per heavy atom. The van der Waals surface area contributed by atoms with Crippen LogP contribution < -0.4 is 5.48 Å². The monoisotopic (exact) mass is 415 g/mol. The average molecular weight is 416 g/mol. The van der Waals surface area contributed by atoms with Crippen molar-refractivity contribution in [2.75, 3.05) is 0 Å². The van der Waals surface area contributed by atoms with Gasteiger partial charge in [0.15, 0.2) is 0 Å². The van der Waals surface area contributed by atoms with Crippen molar-refractivity contribution in [2.45, 2.75) is 55.1 Å². The smallest absolute Gasteiger partial charge is 0.253 e. The molecule has 0 spiro atoms. The van der Waals surface area contributed by atoms with Gasteiger partial charge in [0, 0.05) is 11.4 Å². The van der Waals surface area contributed by atoms with E-state index < -0.39 is 22.3 Å². The Morgan fingerprint density at radius 2 is 2.19 bits per heavy atom. The topological polar surface area (TPSA) is 103 Å². The van der Waals surface area contributed by atoms with Crippen LogP contribution in [0.5, 0.6) is 0 Å². The van der Waals surface area contributed by atoms with Crippen molar-refractivity contribution >= 4 is 32.7 Å². The predicted molar refractivity (Wildman–Crippen MR) is 99.7 cm³/mol. The number of aromatic nitrogens is 1. The molecule has 10 heteroatoms. The summed E-state index contributed by atoms with van der Waals surface area (Å²) in [6.45, 7) is 1.91. The number of sulfonamides is 1. The highest BCUT2D eigenvalue weighted by Crippen LogP contribution is 2.46. The first kappa shape index (κ1) is 18.5. The summed E-state index contributed by atoms with van der Waals surface area (Å²) < 4.78 is 28.4. The molecule has 2 aromatic heterocycles. The van der Waals surface area contributed by atoms with Crippen molar-refractivity contribution in [3.8, 4) is 10.6 Å². The largest absolute Gasteiger partial charge is 0.375 e. The van der Waals surface area contributed by atoms with Gasteiger partial charge in [-0.2, -0.15) is 9.79 Å². The van der Waals surface area contributed by atoms with Crippen LogP contribution in [0.3, 0.4) is 0 Å². The summed E-state index contributed by atoms with van der Waals surface area (Å²) in [4.78, 5) is 5.23. The Bertz CT molecular complexity index is 894. The molecule has 1 saturated carbocycles. The zero-order valence-corrected chi connectivity index (χ0v) is 16.6. The zero-order chi connectivity index (χ0) is 18.5. The van der Waals surface area contributed by atoms with E-state index in [-0.39, 0.29) is 16.2 Å². The molecular weight excluding hydrogens is 394 g/mol. The van der Waals surface area contributed by atoms with Gasteiger partial charge in [-0.1, -0.05) is 6.42 Å². The van der Waals surface area contributed by atoms with Gasteiger partial charge >= 0.3 is 0 Å². The van der Waals surface area contributed by atoms with Crippen molar-refractivity contribution < 1.29 is 18.7 Å². The van der Waals surface area contributed by atoms with Gasteiger partial charge in [-0.05, 0) is 44.2 Å². The molecule has 4 atom stereocenters. The molecule has 7 nitrogen and oxygen atoms in total. The summed E-state index contributed by atoms with van der Waals surface area (Å²) in [6.07, 6.45) is 2.00. The summed E-state index contributed by atoms with van der Waals surface area (Å²) in [6, 6.07) is 2.62. The average Bonchev–Trinajstić information content (AvgIpc) is 3.35. The van der Waals surface area contributed by atoms with E-state index in [4.69, 9.17) is 5.21 Å². The van der Waals surface area contributed by atoms with Crippen LogP contribution in [0.4, 0.5) is 0 Å². The van der Waals surface area contributed by atoms with Gasteiger partial charge in [0.25, 0.3) is 10.0 Å². The second kappa shape index (κ2) is 6.93. The molecule has 0 bridgehead atoms. The maximum absolute atomic E-state index is 13.4. The van der Waals surface area contributed by atoms with Gasteiger partial charge in [-0.25, -0.2) is 13.4 Å². The van der Waals surface area contributed by atoms with E-state index in [9.17, 15) is 13.5 Å². The number of hydrogen-bond donors (Lipinski definition) is 3. The molecule has 3 N–H and O–H groups in total. The van der Waals surface area contributed by atoms with E-state index in [1.165, 1.54) is 27.0 Å². The molecule has 1 saturated heterocycles. The second-order valence-corrected chi connectivity index (χ2v) is 11.1. The minimum atomic E-state index is -3.76. The minimum absolute atomic E-state index is 0.111. The summed E-state index contributed by atoms with van der Waals surface area (Å²) in [7, 11) is -3.76. The van der Waals surface area contributed by atoms with Crippen LogP contribution in [0.1, 0.15) is 30.7 Å². The fraction of sp³-hybridized carbons (Fsp3) is 0.562. The highest BCUT2D eigenvalue weighted by Gasteiger charge is 2.52. The van der Waals surface area contributed by atoms with E-state index >= 15 is 0 Å². The number of nitrogens with zero attached hydrogens (tertiary/aromatic N) is 2. The number of rotatable bonds is 5. The molecule has 142 valence electrons. The Balaban J connectivity index is 1.69. The van der Waals surface area contributed by atoms with Gasteiger partial charge in [-0.15, -0.1) is 22.7 Å². The van der Waals surface area contributed by atoms with E-state index in [1.807, 2.05) is 17.8 Å². The molecule has 0 radical (unpaired) electrons. The van der Waals surface area contributed by atoms with E-state index in [0.29, 0.717) is 6.42 Å². The highest BCUT2D eigenvalue weighted by atomic mass is 32.2. The van der Waals surface area contributed by atoms with Crippen molar-refractivity contribution in [1.29, 1.82) is 0 Å². The summed E-state index contributed by atoms with van der Waals surface area (Å²) in [5.74, 6) is 0.235. The third-order valence-corrected chi connectivity index (χ3v) is 9.60. The SMILES string of the molecule is Cc1nc(-c2ccc(S(=O)(=O)N3C(C(O)NO)C[C@H]4CCC[C@H]43)s2)cs1. The lowest BCUT2D eigenvalue weighted by atomic mass is 10.0. The Kier molecular flexibility index (Phi) is 4.93. The lowest BCUT2D eigenvalue weighted by Crippen LogP contribution is -2.50. The molecular formula is C16H21N3O4S3. The number of thiazole rings is 1. The lowest BCUT2D eigenvalue weighted by Gasteiger charge is -2.30. The fourth-order valence-electron chi connectivity index (χ4n) is 4.17. The molecule has 2 unspecified atom stereocenters. The third-order valence-electron chi connectivity index (χ3n) is 5.30. The van der Waals surface area contributed by atoms with Gasteiger partial charge in [0.05, 0.1) is 21.6 Å². The van der Waals surface area contributed by atoms with Gasteiger partial charge in [0.1, 0.15) is 10.4 Å². The van der Waals surface area contributed by atoms with Crippen LogP contribution in [0, 0.1) is 12.8 Å². The first-order valence-corrected chi connectivity index (χ1v) is 11.7. The van der Waals surface area contributed by atoms with Crippen molar-refractivity contribution in [3.05, 3.63) is 22.5 Å². The highest BCUT2D eigenvalue weighted by molar-refractivity contribution is 7.91. The van der Waals surface area contributed by atoms with Crippen LogP contribution in [-0.4, -0.2) is 46.3 Å². The third kappa shape index (κ3) is 3.03. The van der Waals surface area contributed by atoms with Crippen LogP contribution >= 0.6 is 22.7 Å². The Morgan fingerprint density at radius 1 is 1.38 bits per heavy atom. The number of thiophene rings is 1. The molecule has 1 aliphatic heterocycles. The molecule has 0 aromatic carbocycles. The maximum Gasteiger partial charge on any atom is 0.253 e. The molecule has 2 aliphatic rings. The number of nitrogens with one attached hydrogen (secondary N) is 1.